The van der Waals surface area contributed by atoms with Crippen LogP contribution in [0, 0.1) is 5.92 Å². The number of nitrogens with zero attached hydrogens (tertiary/aromatic N) is 2. The Morgan fingerprint density at radius 3 is 2.46 bits per heavy atom. The van der Waals surface area contributed by atoms with Gasteiger partial charge in [0, 0.05) is 35.5 Å². The van der Waals surface area contributed by atoms with E-state index in [0.717, 1.165) is 35.2 Å². The molecule has 2 heterocycles. The monoisotopic (exact) mass is 493 g/mol. The van der Waals surface area contributed by atoms with Crippen molar-refractivity contribution in [3.05, 3.63) is 60.8 Å². The second-order valence-corrected chi connectivity index (χ2v) is 9.29. The Labute approximate surface area is 205 Å². The van der Waals surface area contributed by atoms with E-state index >= 15 is 0 Å². The van der Waals surface area contributed by atoms with Crippen molar-refractivity contribution in [3.8, 4) is 11.5 Å². The Kier molecular flexibility index (Phi) is 7.61. The molecule has 1 atom stereocenters. The average molecular weight is 494 g/mol. The Bertz CT molecular complexity index is 1340. The summed E-state index contributed by atoms with van der Waals surface area (Å²) < 4.78 is 21.8. The van der Waals surface area contributed by atoms with Gasteiger partial charge in [0.2, 0.25) is 5.91 Å². The highest BCUT2D eigenvalue weighted by Gasteiger charge is 2.29. The van der Waals surface area contributed by atoms with Gasteiger partial charge in [0.25, 0.3) is 0 Å². The molecule has 3 N–H and O–H groups in total. The van der Waals surface area contributed by atoms with Crippen LogP contribution in [0.5, 0.6) is 11.5 Å². The number of carbonyl (C=O) groups excluding carboxylic acids is 1. The lowest BCUT2D eigenvalue weighted by atomic mass is 10.2. The van der Waals surface area contributed by atoms with Crippen LogP contribution >= 0.6 is 0 Å². The third-order valence-electron chi connectivity index (χ3n) is 5.39. The molecule has 1 amide bonds. The number of amides is 1. The quantitative estimate of drug-likeness (QED) is 0.347. The molecule has 5 rings (SSSR count). The van der Waals surface area contributed by atoms with Gasteiger partial charge >= 0.3 is 0 Å². The molecule has 0 spiro atoms. The van der Waals surface area contributed by atoms with Gasteiger partial charge in [-0.15, -0.1) is 0 Å². The van der Waals surface area contributed by atoms with Crippen molar-refractivity contribution in [3.63, 3.8) is 0 Å². The second kappa shape index (κ2) is 11.0. The maximum Gasteiger partial charge on any atom is 0.227 e. The van der Waals surface area contributed by atoms with Crippen LogP contribution in [0.1, 0.15) is 12.8 Å². The number of fused-ring (bicyclic) bond motifs is 1. The van der Waals surface area contributed by atoms with Crippen molar-refractivity contribution in [2.45, 2.75) is 17.7 Å². The average Bonchev–Trinajstić information content (AvgIpc) is 3.67. The zero-order chi connectivity index (χ0) is 24.8. The van der Waals surface area contributed by atoms with Crippen molar-refractivity contribution in [2.75, 3.05) is 31.1 Å². The number of aromatic amines is 1. The number of H-pyrrole nitrogens is 1. The van der Waals surface area contributed by atoms with E-state index in [1.807, 2.05) is 48.5 Å². The minimum absolute atomic E-state index is 0.134. The molecule has 1 fully saturated rings. The first-order valence-corrected chi connectivity index (χ1v) is 12.6. The predicted octanol–water partition coefficient (Wildman–Crippen LogP) is 4.49. The van der Waals surface area contributed by atoms with Crippen LogP contribution in [0.25, 0.3) is 10.9 Å². The molecule has 0 saturated heterocycles. The number of aromatic nitrogens is 3. The van der Waals surface area contributed by atoms with E-state index in [2.05, 4.69) is 25.8 Å². The third kappa shape index (κ3) is 6.15. The smallest absolute Gasteiger partial charge is 0.227 e. The molecule has 10 heteroatoms. The largest absolute Gasteiger partial charge is 0.497 e. The molecular formula is C25H27N5O4S. The summed E-state index contributed by atoms with van der Waals surface area (Å²) in [4.78, 5) is 16.3. The molecule has 1 aliphatic carbocycles. The van der Waals surface area contributed by atoms with E-state index < -0.39 is 10.8 Å². The van der Waals surface area contributed by atoms with Crippen LogP contribution in [0.2, 0.25) is 0 Å². The van der Waals surface area contributed by atoms with Gasteiger partial charge < -0.3 is 20.1 Å². The number of methoxy groups -OCH3 is 2. The summed E-state index contributed by atoms with van der Waals surface area (Å²) in [6.07, 6.45) is 5.23. The number of nitrogens with one attached hydrogen (secondary N) is 3. The molecule has 1 unspecified atom stereocenters. The molecule has 1 aliphatic rings. The van der Waals surface area contributed by atoms with E-state index in [1.54, 1.807) is 32.7 Å². The fourth-order valence-corrected chi connectivity index (χ4v) is 3.74. The highest BCUT2D eigenvalue weighted by atomic mass is 32.2. The Morgan fingerprint density at radius 1 is 1.06 bits per heavy atom. The lowest BCUT2D eigenvalue weighted by Crippen LogP contribution is -2.12. The van der Waals surface area contributed by atoms with Crippen molar-refractivity contribution in [1.82, 2.24) is 15.2 Å². The third-order valence-corrected chi connectivity index (χ3v) is 6.28. The molecule has 2 aromatic carbocycles. The molecule has 0 bridgehead atoms. The minimum Gasteiger partial charge on any atom is -0.497 e. The molecule has 4 aromatic rings. The van der Waals surface area contributed by atoms with Crippen molar-refractivity contribution in [2.24, 2.45) is 5.92 Å². The van der Waals surface area contributed by atoms with Crippen LogP contribution in [0.3, 0.4) is 0 Å². The van der Waals surface area contributed by atoms with Crippen molar-refractivity contribution in [1.29, 1.82) is 0 Å². The van der Waals surface area contributed by atoms with E-state index in [0.29, 0.717) is 22.3 Å². The lowest BCUT2D eigenvalue weighted by Gasteiger charge is -2.09. The Hall–Kier alpha value is -3.92. The molecule has 182 valence electrons. The highest BCUT2D eigenvalue weighted by Crippen LogP contribution is 2.31. The summed E-state index contributed by atoms with van der Waals surface area (Å²) in [6.45, 7) is 0. The first-order chi connectivity index (χ1) is 17.0. The van der Waals surface area contributed by atoms with Gasteiger partial charge in [0.15, 0.2) is 17.4 Å². The van der Waals surface area contributed by atoms with Crippen LogP contribution in [-0.4, -0.2) is 45.8 Å². The van der Waals surface area contributed by atoms with Gasteiger partial charge in [-0.25, -0.2) is 4.98 Å². The SMILES string of the molecule is COc1cc(S(C)=O)cnc1Nc1n[nH]c2ccccc12.COc1ccc(NC(=O)C2CC2)cc1. The van der Waals surface area contributed by atoms with Gasteiger partial charge in [0.1, 0.15) is 5.75 Å². The molecule has 35 heavy (non-hydrogen) atoms. The topological polar surface area (TPSA) is 118 Å². The normalized spacial score (nSPS) is 13.3. The molecule has 0 aliphatic heterocycles. The number of carbonyl (C=O) groups is 1. The number of rotatable bonds is 7. The van der Waals surface area contributed by atoms with Gasteiger partial charge in [-0.1, -0.05) is 12.1 Å². The first kappa shape index (κ1) is 24.2. The Balaban J connectivity index is 0.000000179. The van der Waals surface area contributed by atoms with Crippen molar-refractivity contribution >= 4 is 44.9 Å². The summed E-state index contributed by atoms with van der Waals surface area (Å²) in [5.74, 6) is 2.90. The van der Waals surface area contributed by atoms with Crippen LogP contribution in [-0.2, 0) is 15.6 Å². The number of hydrogen-bond donors (Lipinski definition) is 3. The second-order valence-electron chi connectivity index (χ2n) is 7.91. The van der Waals surface area contributed by atoms with Gasteiger partial charge in [0.05, 0.1) is 35.4 Å². The Morgan fingerprint density at radius 2 is 1.80 bits per heavy atom. The number of ether oxygens (including phenoxy) is 2. The summed E-state index contributed by atoms with van der Waals surface area (Å²) >= 11 is 0. The number of para-hydroxylation sites is 1. The van der Waals surface area contributed by atoms with Crippen molar-refractivity contribution < 1.29 is 18.5 Å². The maximum absolute atomic E-state index is 11.5. The molecular weight excluding hydrogens is 466 g/mol. The predicted molar refractivity (Wildman–Crippen MR) is 137 cm³/mol. The molecule has 2 aromatic heterocycles. The summed E-state index contributed by atoms with van der Waals surface area (Å²) in [5.41, 5.74) is 1.77. The highest BCUT2D eigenvalue weighted by molar-refractivity contribution is 7.84. The standard InChI is InChI=1S/C14H14N4O2S.C11H13NO2/c1-20-12-7-9(21(2)19)8-15-14(12)16-13-10-5-3-4-6-11(10)17-18-13;1-14-10-6-4-9(5-7-10)12-11(13)8-2-3-8/h3-8H,1-2H3,(H2,15,16,17,18);4-8H,2-3H2,1H3,(H,12,13). The number of anilines is 3. The van der Waals surface area contributed by atoms with Gasteiger partial charge in [-0.3, -0.25) is 14.1 Å². The first-order valence-electron chi connectivity index (χ1n) is 11.0. The van der Waals surface area contributed by atoms with Crippen LogP contribution in [0.15, 0.2) is 65.7 Å². The number of hydrogen-bond acceptors (Lipinski definition) is 7. The lowest BCUT2D eigenvalue weighted by molar-refractivity contribution is -0.117. The number of benzene rings is 2. The van der Waals surface area contributed by atoms with E-state index in [1.165, 1.54) is 0 Å². The summed E-state index contributed by atoms with van der Waals surface area (Å²) in [6, 6.07) is 16.9. The zero-order valence-electron chi connectivity index (χ0n) is 19.7. The minimum atomic E-state index is -1.10. The number of pyridine rings is 1. The molecule has 0 radical (unpaired) electrons. The van der Waals surface area contributed by atoms with E-state index in [-0.39, 0.29) is 11.8 Å². The van der Waals surface area contributed by atoms with E-state index in [9.17, 15) is 9.00 Å². The summed E-state index contributed by atoms with van der Waals surface area (Å²) in [7, 11) is 2.07. The zero-order valence-corrected chi connectivity index (χ0v) is 20.5. The summed E-state index contributed by atoms with van der Waals surface area (Å²) in [5, 5.41) is 14.1. The van der Waals surface area contributed by atoms with E-state index in [4.69, 9.17) is 9.47 Å². The van der Waals surface area contributed by atoms with Gasteiger partial charge in [-0.2, -0.15) is 5.10 Å². The van der Waals surface area contributed by atoms with Crippen LogP contribution in [0.4, 0.5) is 17.3 Å². The molecule has 9 nitrogen and oxygen atoms in total. The maximum atomic E-state index is 11.5. The van der Waals surface area contributed by atoms with Crippen LogP contribution < -0.4 is 20.1 Å². The fourth-order valence-electron chi connectivity index (χ4n) is 3.27. The fraction of sp³-hybridized carbons (Fsp3) is 0.240. The molecule has 1 saturated carbocycles. The van der Waals surface area contributed by atoms with Gasteiger partial charge in [-0.05, 0) is 49.2 Å².